The van der Waals surface area contributed by atoms with Crippen molar-refractivity contribution in [1.29, 1.82) is 0 Å². The van der Waals surface area contributed by atoms with Crippen LogP contribution in [0.5, 0.6) is 0 Å². The minimum absolute atomic E-state index is 0.346. The summed E-state index contributed by atoms with van der Waals surface area (Å²) in [6, 6.07) is 11.7. The lowest BCUT2D eigenvalue weighted by atomic mass is 10.1. The molecule has 0 fully saturated rings. The van der Waals surface area contributed by atoms with Gasteiger partial charge in [0.2, 0.25) is 0 Å². The molecule has 3 N–H and O–H groups in total. The van der Waals surface area contributed by atoms with E-state index in [9.17, 15) is 0 Å². The summed E-state index contributed by atoms with van der Waals surface area (Å²) in [7, 11) is 0. The van der Waals surface area contributed by atoms with Crippen LogP contribution in [-0.4, -0.2) is 15.0 Å². The van der Waals surface area contributed by atoms with E-state index in [0.29, 0.717) is 4.99 Å². The molecule has 0 aliphatic rings. The molecule has 5 heteroatoms. The molecule has 20 heavy (non-hydrogen) atoms. The van der Waals surface area contributed by atoms with E-state index in [2.05, 4.69) is 15.3 Å². The Morgan fingerprint density at radius 1 is 1.10 bits per heavy atom. The van der Waals surface area contributed by atoms with Gasteiger partial charge in [-0.25, -0.2) is 4.98 Å². The molecule has 4 nitrogen and oxygen atoms in total. The van der Waals surface area contributed by atoms with Gasteiger partial charge in [-0.15, -0.1) is 0 Å². The molecule has 0 aliphatic heterocycles. The van der Waals surface area contributed by atoms with Crippen molar-refractivity contribution >= 4 is 39.5 Å². The molecule has 0 unspecified atom stereocenters. The van der Waals surface area contributed by atoms with E-state index in [1.807, 2.05) is 42.6 Å². The Hall–Kier alpha value is -2.53. The summed E-state index contributed by atoms with van der Waals surface area (Å²) in [6.45, 7) is 0. The Bertz CT molecular complexity index is 763. The molecule has 2 aromatic heterocycles. The average Bonchev–Trinajstić information content (AvgIpc) is 2.48. The van der Waals surface area contributed by atoms with E-state index in [4.69, 9.17) is 18.0 Å². The molecule has 0 aliphatic carbocycles. The second-order valence-electron chi connectivity index (χ2n) is 4.32. The Morgan fingerprint density at radius 2 is 2.00 bits per heavy atom. The first-order valence-corrected chi connectivity index (χ1v) is 6.50. The van der Waals surface area contributed by atoms with Crippen LogP contribution in [-0.2, 0) is 0 Å². The molecular formula is C15H12N4S. The first-order valence-electron chi connectivity index (χ1n) is 6.10. The van der Waals surface area contributed by atoms with Gasteiger partial charge in [0.1, 0.15) is 10.8 Å². The fraction of sp³-hybridized carbons (Fsp3) is 0. The number of anilines is 2. The van der Waals surface area contributed by atoms with Crippen molar-refractivity contribution in [3.8, 4) is 0 Å². The van der Waals surface area contributed by atoms with Crippen molar-refractivity contribution in [3.05, 3.63) is 60.6 Å². The molecule has 0 spiro atoms. The Kier molecular flexibility index (Phi) is 3.26. The molecule has 0 amide bonds. The van der Waals surface area contributed by atoms with E-state index >= 15 is 0 Å². The normalized spacial score (nSPS) is 10.4. The highest BCUT2D eigenvalue weighted by molar-refractivity contribution is 7.80. The van der Waals surface area contributed by atoms with Crippen LogP contribution in [0.25, 0.3) is 10.8 Å². The van der Waals surface area contributed by atoms with E-state index in [1.165, 1.54) is 0 Å². The first-order chi connectivity index (χ1) is 9.74. The lowest BCUT2D eigenvalue weighted by molar-refractivity contribution is 1.30. The standard InChI is InChI=1S/C15H12N4S/c16-15(20)11-4-5-14(18-8-11)19-13-3-1-2-10-6-7-17-9-12(10)13/h1-9H,(H2,16,20)(H,18,19). The summed E-state index contributed by atoms with van der Waals surface area (Å²) in [5.74, 6) is 0.737. The molecule has 0 atom stereocenters. The van der Waals surface area contributed by atoms with Gasteiger partial charge in [-0.3, -0.25) is 4.98 Å². The third-order valence-electron chi connectivity index (χ3n) is 2.99. The number of pyridine rings is 2. The van der Waals surface area contributed by atoms with E-state index in [1.54, 1.807) is 12.4 Å². The van der Waals surface area contributed by atoms with Crippen LogP contribution < -0.4 is 11.1 Å². The van der Waals surface area contributed by atoms with Crippen molar-refractivity contribution in [1.82, 2.24) is 9.97 Å². The number of nitrogens with zero attached hydrogens (tertiary/aromatic N) is 2. The van der Waals surface area contributed by atoms with Crippen LogP contribution in [0.4, 0.5) is 11.5 Å². The lowest BCUT2D eigenvalue weighted by Gasteiger charge is -2.09. The first kappa shape index (κ1) is 12.5. The van der Waals surface area contributed by atoms with Crippen molar-refractivity contribution in [3.63, 3.8) is 0 Å². The van der Waals surface area contributed by atoms with E-state index in [-0.39, 0.29) is 0 Å². The van der Waals surface area contributed by atoms with Gasteiger partial charge in [-0.05, 0) is 29.7 Å². The summed E-state index contributed by atoms with van der Waals surface area (Å²) >= 11 is 4.91. The van der Waals surface area contributed by atoms with Crippen LogP contribution in [0, 0.1) is 0 Å². The highest BCUT2D eigenvalue weighted by Gasteiger charge is 2.03. The minimum Gasteiger partial charge on any atom is -0.389 e. The number of rotatable bonds is 3. The lowest BCUT2D eigenvalue weighted by Crippen LogP contribution is -2.09. The van der Waals surface area contributed by atoms with Gasteiger partial charge >= 0.3 is 0 Å². The Balaban J connectivity index is 1.95. The zero-order valence-electron chi connectivity index (χ0n) is 10.6. The van der Waals surface area contributed by atoms with Gasteiger partial charge in [0.15, 0.2) is 0 Å². The quantitative estimate of drug-likeness (QED) is 0.722. The molecule has 3 aromatic rings. The van der Waals surface area contributed by atoms with Gasteiger partial charge < -0.3 is 11.1 Å². The molecule has 0 saturated heterocycles. The number of hydrogen-bond acceptors (Lipinski definition) is 4. The molecule has 0 radical (unpaired) electrons. The van der Waals surface area contributed by atoms with Gasteiger partial charge in [0, 0.05) is 35.2 Å². The summed E-state index contributed by atoms with van der Waals surface area (Å²) < 4.78 is 0. The fourth-order valence-electron chi connectivity index (χ4n) is 1.97. The zero-order valence-corrected chi connectivity index (χ0v) is 11.4. The average molecular weight is 280 g/mol. The van der Waals surface area contributed by atoms with Crippen LogP contribution in [0.2, 0.25) is 0 Å². The maximum absolute atomic E-state index is 5.55. The largest absolute Gasteiger partial charge is 0.389 e. The third-order valence-corrected chi connectivity index (χ3v) is 3.23. The SMILES string of the molecule is NC(=S)c1ccc(Nc2cccc3ccncc23)nc1. The molecule has 0 saturated carbocycles. The zero-order chi connectivity index (χ0) is 13.9. The molecule has 3 rings (SSSR count). The summed E-state index contributed by atoms with van der Waals surface area (Å²) in [5, 5.41) is 5.46. The summed E-state index contributed by atoms with van der Waals surface area (Å²) in [4.78, 5) is 8.81. The van der Waals surface area contributed by atoms with Crippen molar-refractivity contribution in [2.75, 3.05) is 5.32 Å². The van der Waals surface area contributed by atoms with Crippen LogP contribution >= 0.6 is 12.2 Å². The van der Waals surface area contributed by atoms with Gasteiger partial charge in [0.05, 0.1) is 0 Å². The van der Waals surface area contributed by atoms with E-state index < -0.39 is 0 Å². The summed E-state index contributed by atoms with van der Waals surface area (Å²) in [5.41, 5.74) is 7.27. The number of fused-ring (bicyclic) bond motifs is 1. The number of aromatic nitrogens is 2. The highest BCUT2D eigenvalue weighted by atomic mass is 32.1. The van der Waals surface area contributed by atoms with Crippen LogP contribution in [0.1, 0.15) is 5.56 Å². The molecule has 2 heterocycles. The van der Waals surface area contributed by atoms with Crippen molar-refractivity contribution < 1.29 is 0 Å². The van der Waals surface area contributed by atoms with E-state index in [0.717, 1.165) is 27.8 Å². The molecular weight excluding hydrogens is 268 g/mol. The number of thiocarbonyl (C=S) groups is 1. The highest BCUT2D eigenvalue weighted by Crippen LogP contribution is 2.24. The number of nitrogens with one attached hydrogen (secondary N) is 1. The maximum Gasteiger partial charge on any atom is 0.130 e. The van der Waals surface area contributed by atoms with Crippen molar-refractivity contribution in [2.24, 2.45) is 5.73 Å². The summed E-state index contributed by atoms with van der Waals surface area (Å²) in [6.07, 6.45) is 5.27. The third kappa shape index (κ3) is 2.44. The van der Waals surface area contributed by atoms with Gasteiger partial charge in [-0.1, -0.05) is 24.4 Å². The van der Waals surface area contributed by atoms with Gasteiger partial charge in [0.25, 0.3) is 0 Å². The topological polar surface area (TPSA) is 63.8 Å². The predicted octanol–water partition coefficient (Wildman–Crippen LogP) is 3.01. The van der Waals surface area contributed by atoms with Crippen LogP contribution in [0.3, 0.4) is 0 Å². The molecule has 98 valence electrons. The Labute approximate surface area is 121 Å². The second kappa shape index (κ2) is 5.22. The molecule has 1 aromatic carbocycles. The van der Waals surface area contributed by atoms with Crippen molar-refractivity contribution in [2.45, 2.75) is 0 Å². The van der Waals surface area contributed by atoms with Gasteiger partial charge in [-0.2, -0.15) is 0 Å². The van der Waals surface area contributed by atoms with Crippen LogP contribution in [0.15, 0.2) is 55.0 Å². The number of nitrogens with two attached hydrogens (primary N) is 1. The predicted molar refractivity (Wildman–Crippen MR) is 85.2 cm³/mol. The molecule has 0 bridgehead atoms. The monoisotopic (exact) mass is 280 g/mol. The minimum atomic E-state index is 0.346. The fourth-order valence-corrected chi connectivity index (χ4v) is 2.09. The number of benzene rings is 1. The maximum atomic E-state index is 5.55. The Morgan fingerprint density at radius 3 is 2.75 bits per heavy atom. The number of hydrogen-bond donors (Lipinski definition) is 2. The second-order valence-corrected chi connectivity index (χ2v) is 4.76. The smallest absolute Gasteiger partial charge is 0.130 e.